The summed E-state index contributed by atoms with van der Waals surface area (Å²) in [5.74, 6) is 3.91. The molecule has 0 radical (unpaired) electrons. The topological polar surface area (TPSA) is 31.5 Å². The van der Waals surface area contributed by atoms with Crippen molar-refractivity contribution in [2.45, 2.75) is 133 Å². The van der Waals surface area contributed by atoms with Crippen molar-refractivity contribution in [1.82, 2.24) is 0 Å². The van der Waals surface area contributed by atoms with Crippen molar-refractivity contribution in [1.29, 1.82) is 0 Å². The molecule has 0 bridgehead atoms. The molecule has 2 fully saturated rings. The van der Waals surface area contributed by atoms with E-state index in [0.29, 0.717) is 0 Å². The van der Waals surface area contributed by atoms with Gasteiger partial charge in [0.25, 0.3) is 0 Å². The van der Waals surface area contributed by atoms with Gasteiger partial charge < -0.3 is 5.48 Å². The Morgan fingerprint density at radius 3 is 2.00 bits per heavy atom. The van der Waals surface area contributed by atoms with Crippen LogP contribution in [0.2, 0.25) is 0 Å². The van der Waals surface area contributed by atoms with Gasteiger partial charge in [-0.3, -0.25) is 0 Å². The van der Waals surface area contributed by atoms with Crippen LogP contribution < -0.4 is 0 Å². The summed E-state index contributed by atoms with van der Waals surface area (Å²) in [5, 5.41) is 0. The van der Waals surface area contributed by atoms with E-state index in [2.05, 4.69) is 40.7 Å². The molecule has 0 aliphatic heterocycles. The highest BCUT2D eigenvalue weighted by Crippen LogP contribution is 2.44. The Labute approximate surface area is 185 Å². The van der Waals surface area contributed by atoms with Gasteiger partial charge in [0, 0.05) is 0 Å². The molecule has 29 heavy (non-hydrogen) atoms. The summed E-state index contributed by atoms with van der Waals surface area (Å²) in [4.78, 5) is 0. The Bertz CT molecular complexity index is 449. The minimum atomic E-state index is 0. The largest absolute Gasteiger partial charge is 0.412 e. The third-order valence-electron chi connectivity index (χ3n) is 7.38. The first-order valence-corrected chi connectivity index (χ1v) is 12.4. The van der Waals surface area contributed by atoms with Gasteiger partial charge in [-0.05, 0) is 82.5 Å². The van der Waals surface area contributed by atoms with E-state index in [1.807, 2.05) is 19.4 Å². The number of rotatable bonds is 7. The molecule has 3 rings (SSSR count). The normalized spacial score (nSPS) is 24.0. The van der Waals surface area contributed by atoms with Gasteiger partial charge in [-0.15, -0.1) is 0 Å². The predicted molar refractivity (Wildman–Crippen MR) is 135 cm³/mol. The third-order valence-corrected chi connectivity index (χ3v) is 7.38. The molecule has 0 saturated heterocycles. The zero-order chi connectivity index (χ0) is 20.2. The molecule has 2 N–H and O–H groups in total. The lowest BCUT2D eigenvalue weighted by Crippen LogP contribution is -2.12. The first-order valence-electron chi connectivity index (χ1n) is 12.4. The molecule has 0 heterocycles. The van der Waals surface area contributed by atoms with E-state index in [9.17, 15) is 0 Å². The molecule has 0 aromatic rings. The summed E-state index contributed by atoms with van der Waals surface area (Å²) in [6, 6.07) is 0. The van der Waals surface area contributed by atoms with Crippen LogP contribution in [-0.2, 0) is 0 Å². The maximum atomic E-state index is 2.62. The summed E-state index contributed by atoms with van der Waals surface area (Å²) in [6.45, 7) is 15.7. The molecule has 2 unspecified atom stereocenters. The Morgan fingerprint density at radius 2 is 1.55 bits per heavy atom. The van der Waals surface area contributed by atoms with E-state index < -0.39 is 0 Å². The molecule has 3 aliphatic carbocycles. The van der Waals surface area contributed by atoms with Crippen LogP contribution in [0.15, 0.2) is 22.8 Å². The van der Waals surface area contributed by atoms with Crippen LogP contribution in [0.5, 0.6) is 0 Å². The fraction of sp³-hybridized carbons (Fsp3) is 0.857. The van der Waals surface area contributed by atoms with Gasteiger partial charge >= 0.3 is 0 Å². The highest BCUT2D eigenvalue weighted by Gasteiger charge is 2.31. The lowest BCUT2D eigenvalue weighted by atomic mass is 9.83. The zero-order valence-electron chi connectivity index (χ0n) is 20.4. The van der Waals surface area contributed by atoms with Crippen molar-refractivity contribution in [3.05, 3.63) is 22.8 Å². The quantitative estimate of drug-likeness (QED) is 0.376. The maximum Gasteiger partial charge on any atom is -0.0198 e. The first-order chi connectivity index (χ1) is 13.1. The fourth-order valence-corrected chi connectivity index (χ4v) is 4.79. The second-order valence-corrected chi connectivity index (χ2v) is 9.13. The van der Waals surface area contributed by atoms with E-state index in [1.54, 1.807) is 11.1 Å². The molecular weight excluding hydrogens is 352 g/mol. The fourth-order valence-electron chi connectivity index (χ4n) is 4.79. The Balaban J connectivity index is 0. The SMILES string of the molecule is C.CC.CC/C(C)=C(/C)CCCC1CC=C(C2CCCC2)C1C.CCC1CC1.O. The number of hydrogen-bond acceptors (Lipinski definition) is 0. The van der Waals surface area contributed by atoms with Crippen molar-refractivity contribution < 1.29 is 5.48 Å². The van der Waals surface area contributed by atoms with Gasteiger partial charge in [0.05, 0.1) is 0 Å². The minimum absolute atomic E-state index is 0. The molecule has 0 spiro atoms. The van der Waals surface area contributed by atoms with Gasteiger partial charge in [-0.25, -0.2) is 0 Å². The second kappa shape index (κ2) is 17.2. The zero-order valence-corrected chi connectivity index (χ0v) is 20.4. The van der Waals surface area contributed by atoms with E-state index in [1.165, 1.54) is 77.0 Å². The Morgan fingerprint density at radius 1 is 0.966 bits per heavy atom. The smallest absolute Gasteiger partial charge is 0.0198 e. The lowest BCUT2D eigenvalue weighted by Gasteiger charge is -2.22. The van der Waals surface area contributed by atoms with Gasteiger partial charge in [0.2, 0.25) is 0 Å². The van der Waals surface area contributed by atoms with E-state index >= 15 is 0 Å². The summed E-state index contributed by atoms with van der Waals surface area (Å²) in [7, 11) is 0. The summed E-state index contributed by atoms with van der Waals surface area (Å²) in [5.41, 5.74) is 5.08. The maximum absolute atomic E-state index is 2.62. The van der Waals surface area contributed by atoms with Crippen LogP contribution in [0.25, 0.3) is 0 Å². The summed E-state index contributed by atoms with van der Waals surface area (Å²) >= 11 is 0. The average molecular weight is 409 g/mol. The molecule has 3 aliphatic rings. The average Bonchev–Trinajstić information content (AvgIpc) is 3.27. The van der Waals surface area contributed by atoms with Gasteiger partial charge in [0.1, 0.15) is 0 Å². The van der Waals surface area contributed by atoms with Gasteiger partial charge in [-0.2, -0.15) is 0 Å². The third kappa shape index (κ3) is 10.9. The molecule has 1 heteroatoms. The van der Waals surface area contributed by atoms with E-state index in [4.69, 9.17) is 0 Å². The van der Waals surface area contributed by atoms with Gasteiger partial charge in [0.15, 0.2) is 0 Å². The number of hydrogen-bond donors (Lipinski definition) is 0. The number of allylic oxidation sites excluding steroid dienone is 4. The van der Waals surface area contributed by atoms with Crippen LogP contribution in [-0.4, -0.2) is 5.48 Å². The van der Waals surface area contributed by atoms with Crippen LogP contribution in [0, 0.1) is 23.7 Å². The molecule has 0 aromatic carbocycles. The van der Waals surface area contributed by atoms with Crippen molar-refractivity contribution >= 4 is 0 Å². The minimum Gasteiger partial charge on any atom is -0.412 e. The second-order valence-electron chi connectivity index (χ2n) is 9.13. The monoisotopic (exact) mass is 408 g/mol. The Kier molecular flexibility index (Phi) is 18.1. The van der Waals surface area contributed by atoms with Crippen molar-refractivity contribution in [2.24, 2.45) is 23.7 Å². The lowest BCUT2D eigenvalue weighted by molar-refractivity contribution is 0.376. The van der Waals surface area contributed by atoms with E-state index in [0.717, 1.165) is 23.7 Å². The van der Waals surface area contributed by atoms with Crippen molar-refractivity contribution in [3.8, 4) is 0 Å². The van der Waals surface area contributed by atoms with Crippen molar-refractivity contribution in [2.75, 3.05) is 0 Å². The van der Waals surface area contributed by atoms with Crippen LogP contribution >= 0.6 is 0 Å². The summed E-state index contributed by atoms with van der Waals surface area (Å²) < 4.78 is 0. The molecule has 0 amide bonds. The van der Waals surface area contributed by atoms with Crippen molar-refractivity contribution in [3.63, 3.8) is 0 Å². The molecule has 2 atom stereocenters. The van der Waals surface area contributed by atoms with Gasteiger partial charge in [-0.1, -0.05) is 96.9 Å². The predicted octanol–water partition coefficient (Wildman–Crippen LogP) is 9.32. The highest BCUT2D eigenvalue weighted by atomic mass is 16.0. The Hall–Kier alpha value is -0.560. The highest BCUT2D eigenvalue weighted by molar-refractivity contribution is 5.18. The molecular formula is C28H56O. The summed E-state index contributed by atoms with van der Waals surface area (Å²) in [6.07, 6.45) is 19.7. The van der Waals surface area contributed by atoms with Crippen LogP contribution in [0.4, 0.5) is 0 Å². The molecule has 2 saturated carbocycles. The van der Waals surface area contributed by atoms with Crippen LogP contribution in [0.3, 0.4) is 0 Å². The molecule has 174 valence electrons. The van der Waals surface area contributed by atoms with Crippen LogP contribution in [0.1, 0.15) is 133 Å². The molecule has 1 nitrogen and oxygen atoms in total. The first kappa shape index (κ1) is 30.6. The standard InChI is InChI=1S/C20H34.C5H10.C2H6.CH4.H2O/c1-5-15(2)16(3)9-8-12-18-13-14-20(17(18)4)19-10-6-7-11-19;1-2-5-3-4-5;1-2;;/h14,17-19H,5-13H2,1-4H3;5H,2-4H2,1H3;1-2H3;1H4;1H2/b16-15-;;;;. The molecule has 0 aromatic heterocycles. The van der Waals surface area contributed by atoms with E-state index in [-0.39, 0.29) is 12.9 Å².